The molecule has 1 N–H and O–H groups in total. The molecule has 146 valence electrons. The van der Waals surface area contributed by atoms with E-state index in [1.165, 1.54) is 11.3 Å². The number of anilines is 1. The monoisotopic (exact) mass is 376 g/mol. The highest BCUT2D eigenvalue weighted by Gasteiger charge is 2.20. The summed E-state index contributed by atoms with van der Waals surface area (Å²) in [4.78, 5) is 12.1. The second kappa shape index (κ2) is 8.10. The van der Waals surface area contributed by atoms with Gasteiger partial charge < -0.3 is 10.2 Å². The van der Waals surface area contributed by atoms with Crippen LogP contribution in [0, 0.1) is 13.8 Å². The Morgan fingerprint density at radius 3 is 2.71 bits per heavy atom. The molecule has 1 aliphatic rings. The molecule has 1 aliphatic heterocycles. The average Bonchev–Trinajstić information content (AvgIpc) is 3.04. The topological polar surface area (TPSA) is 58.9 Å². The highest BCUT2D eigenvalue weighted by molar-refractivity contribution is 5.60. The second-order valence-corrected chi connectivity index (χ2v) is 7.51. The van der Waals surface area contributed by atoms with E-state index in [0.29, 0.717) is 0 Å². The minimum atomic E-state index is 0.809. The summed E-state index contributed by atoms with van der Waals surface area (Å²) in [6.07, 6.45) is 2.00. The first-order valence-electron chi connectivity index (χ1n) is 10.00. The summed E-state index contributed by atoms with van der Waals surface area (Å²) < 4.78 is 2.10. The maximum absolute atomic E-state index is 4.97. The lowest BCUT2D eigenvalue weighted by atomic mass is 10.1. The van der Waals surface area contributed by atoms with Gasteiger partial charge in [-0.05, 0) is 39.3 Å². The molecule has 2 aromatic heterocycles. The van der Waals surface area contributed by atoms with Crippen LogP contribution in [0.5, 0.6) is 0 Å². The van der Waals surface area contributed by atoms with E-state index >= 15 is 0 Å². The van der Waals surface area contributed by atoms with Gasteiger partial charge in [-0.15, -0.1) is 0 Å². The van der Waals surface area contributed by atoms with Crippen LogP contribution in [0.2, 0.25) is 0 Å². The number of benzene rings is 1. The van der Waals surface area contributed by atoms with Crippen LogP contribution >= 0.6 is 0 Å². The second-order valence-electron chi connectivity index (χ2n) is 7.51. The molecule has 0 amide bonds. The molecule has 1 aromatic carbocycles. The zero-order valence-corrected chi connectivity index (χ0v) is 16.9. The van der Waals surface area contributed by atoms with Crippen molar-refractivity contribution in [2.24, 2.45) is 0 Å². The first-order valence-corrected chi connectivity index (χ1v) is 10.00. The molecule has 0 radical (unpaired) electrons. The molecule has 0 unspecified atom stereocenters. The first-order chi connectivity index (χ1) is 13.6. The fraction of sp³-hybridized carbons (Fsp3) is 0.409. The van der Waals surface area contributed by atoms with E-state index in [1.807, 2.05) is 25.1 Å². The van der Waals surface area contributed by atoms with Crippen molar-refractivity contribution in [2.45, 2.75) is 39.8 Å². The van der Waals surface area contributed by atoms with E-state index in [0.717, 1.165) is 67.6 Å². The number of fused-ring (bicyclic) bond motifs is 1. The Balaban J connectivity index is 1.55. The van der Waals surface area contributed by atoms with Gasteiger partial charge in [-0.2, -0.15) is 5.10 Å². The van der Waals surface area contributed by atoms with Gasteiger partial charge in [0.25, 0.3) is 0 Å². The number of rotatable bonds is 6. The Hall–Kier alpha value is -2.73. The summed E-state index contributed by atoms with van der Waals surface area (Å²) in [6.45, 7) is 7.80. The van der Waals surface area contributed by atoms with E-state index < -0.39 is 0 Å². The molecule has 6 nitrogen and oxygen atoms in total. The van der Waals surface area contributed by atoms with Crippen LogP contribution in [0.4, 0.5) is 5.82 Å². The van der Waals surface area contributed by atoms with Crippen molar-refractivity contribution in [1.29, 1.82) is 0 Å². The zero-order chi connectivity index (χ0) is 19.5. The van der Waals surface area contributed by atoms with Gasteiger partial charge in [0.15, 0.2) is 5.82 Å². The van der Waals surface area contributed by atoms with E-state index in [9.17, 15) is 0 Å². The smallest absolute Gasteiger partial charge is 0.161 e. The summed E-state index contributed by atoms with van der Waals surface area (Å²) >= 11 is 0. The van der Waals surface area contributed by atoms with E-state index in [4.69, 9.17) is 9.97 Å². The van der Waals surface area contributed by atoms with Gasteiger partial charge in [-0.1, -0.05) is 30.3 Å². The van der Waals surface area contributed by atoms with E-state index in [-0.39, 0.29) is 0 Å². The summed E-state index contributed by atoms with van der Waals surface area (Å²) in [5, 5.41) is 8.01. The highest BCUT2D eigenvalue weighted by Crippen LogP contribution is 2.27. The Kier molecular flexibility index (Phi) is 5.39. The molecule has 4 rings (SSSR count). The van der Waals surface area contributed by atoms with E-state index in [2.05, 4.69) is 52.2 Å². The van der Waals surface area contributed by atoms with Gasteiger partial charge >= 0.3 is 0 Å². The molecule has 0 atom stereocenters. The molecular formula is C22H28N6. The molecule has 0 saturated carbocycles. The van der Waals surface area contributed by atoms with Crippen molar-refractivity contribution < 1.29 is 0 Å². The van der Waals surface area contributed by atoms with Crippen molar-refractivity contribution in [3.8, 4) is 11.4 Å². The third-order valence-electron chi connectivity index (χ3n) is 5.28. The van der Waals surface area contributed by atoms with Crippen molar-refractivity contribution >= 4 is 5.82 Å². The Morgan fingerprint density at radius 2 is 1.96 bits per heavy atom. The number of hydrogen-bond donors (Lipinski definition) is 1. The van der Waals surface area contributed by atoms with Gasteiger partial charge in [0.1, 0.15) is 5.82 Å². The molecule has 6 heteroatoms. The normalized spacial score (nSPS) is 13.4. The van der Waals surface area contributed by atoms with E-state index in [1.54, 1.807) is 0 Å². The molecular weight excluding hydrogens is 348 g/mol. The van der Waals surface area contributed by atoms with Gasteiger partial charge in [0.05, 0.1) is 11.4 Å². The molecule has 0 bridgehead atoms. The Morgan fingerprint density at radius 1 is 1.14 bits per heavy atom. The minimum absolute atomic E-state index is 0.809. The van der Waals surface area contributed by atoms with Crippen LogP contribution in [0.15, 0.2) is 36.4 Å². The number of aromatic nitrogens is 4. The Labute approximate surface area is 166 Å². The molecule has 0 fully saturated rings. The van der Waals surface area contributed by atoms with Crippen molar-refractivity contribution in [3.63, 3.8) is 0 Å². The summed E-state index contributed by atoms with van der Waals surface area (Å²) in [5.41, 5.74) is 5.77. The predicted octanol–water partition coefficient (Wildman–Crippen LogP) is 3.13. The molecule has 0 aliphatic carbocycles. The van der Waals surface area contributed by atoms with Crippen LogP contribution in [0.1, 0.15) is 29.1 Å². The largest absolute Gasteiger partial charge is 0.359 e. The SMILES string of the molecule is Cc1cc(C)n(CCCN(C)c2nc(-c3ccccc3)nc3c2CCNC3)n1. The molecule has 28 heavy (non-hydrogen) atoms. The molecule has 3 heterocycles. The highest BCUT2D eigenvalue weighted by atomic mass is 15.3. The van der Waals surface area contributed by atoms with Crippen LogP contribution in [-0.2, 0) is 19.5 Å². The summed E-state index contributed by atoms with van der Waals surface area (Å²) in [6, 6.07) is 12.4. The maximum Gasteiger partial charge on any atom is 0.161 e. The lowest BCUT2D eigenvalue weighted by Gasteiger charge is -2.26. The van der Waals surface area contributed by atoms with Gasteiger partial charge in [-0.3, -0.25) is 4.68 Å². The van der Waals surface area contributed by atoms with Crippen molar-refractivity contribution in [1.82, 2.24) is 25.1 Å². The maximum atomic E-state index is 4.97. The van der Waals surface area contributed by atoms with Crippen molar-refractivity contribution in [3.05, 3.63) is 59.0 Å². The third-order valence-corrected chi connectivity index (χ3v) is 5.28. The fourth-order valence-corrected chi connectivity index (χ4v) is 3.84. The van der Waals surface area contributed by atoms with Crippen LogP contribution < -0.4 is 10.2 Å². The number of aryl methyl sites for hydroxylation is 3. The lowest BCUT2D eigenvalue weighted by molar-refractivity contribution is 0.559. The van der Waals surface area contributed by atoms with Crippen LogP contribution in [-0.4, -0.2) is 39.9 Å². The Bertz CT molecular complexity index is 947. The van der Waals surface area contributed by atoms with Gasteiger partial charge in [-0.25, -0.2) is 9.97 Å². The first kappa shape index (κ1) is 18.6. The molecule has 0 spiro atoms. The van der Waals surface area contributed by atoms with Gasteiger partial charge in [0, 0.05) is 43.5 Å². The van der Waals surface area contributed by atoms with Crippen LogP contribution in [0.3, 0.4) is 0 Å². The number of nitrogens with one attached hydrogen (secondary N) is 1. The number of hydrogen-bond acceptors (Lipinski definition) is 5. The predicted molar refractivity (Wildman–Crippen MR) is 112 cm³/mol. The average molecular weight is 377 g/mol. The standard InChI is InChI=1S/C22H28N6/c1-16-14-17(2)28(26-16)13-7-12-27(3)22-19-10-11-23-15-20(19)24-21(25-22)18-8-5-4-6-9-18/h4-6,8-9,14,23H,7,10-13,15H2,1-3H3. The minimum Gasteiger partial charge on any atom is -0.359 e. The van der Waals surface area contributed by atoms with Gasteiger partial charge in [0.2, 0.25) is 0 Å². The summed E-state index contributed by atoms with van der Waals surface area (Å²) in [5.74, 6) is 1.88. The fourth-order valence-electron chi connectivity index (χ4n) is 3.84. The van der Waals surface area contributed by atoms with Crippen molar-refractivity contribution in [2.75, 3.05) is 25.0 Å². The quantitative estimate of drug-likeness (QED) is 0.716. The molecule has 0 saturated heterocycles. The lowest BCUT2D eigenvalue weighted by Crippen LogP contribution is -2.30. The summed E-state index contributed by atoms with van der Waals surface area (Å²) in [7, 11) is 2.14. The van der Waals surface area contributed by atoms with Crippen LogP contribution in [0.25, 0.3) is 11.4 Å². The third kappa shape index (κ3) is 3.92. The molecule has 3 aromatic rings. The zero-order valence-electron chi connectivity index (χ0n) is 16.9. The number of nitrogens with zero attached hydrogens (tertiary/aromatic N) is 5.